The first-order valence-corrected chi connectivity index (χ1v) is 8.53. The summed E-state index contributed by atoms with van der Waals surface area (Å²) < 4.78 is 15.8. The van der Waals surface area contributed by atoms with E-state index in [1.54, 1.807) is 30.2 Å². The lowest BCUT2D eigenvalue weighted by Crippen LogP contribution is -2.47. The first-order chi connectivity index (χ1) is 12.4. The van der Waals surface area contributed by atoms with Gasteiger partial charge < -0.3 is 29.5 Å². The minimum absolute atomic E-state index is 0.138. The lowest BCUT2D eigenvalue weighted by Gasteiger charge is -2.34. The van der Waals surface area contributed by atoms with Crippen molar-refractivity contribution in [3.63, 3.8) is 0 Å². The number of benzene rings is 1. The predicted octanol–water partition coefficient (Wildman–Crippen LogP) is 2.29. The van der Waals surface area contributed by atoms with Crippen LogP contribution in [0.5, 0.6) is 11.5 Å². The fourth-order valence-electron chi connectivity index (χ4n) is 3.00. The van der Waals surface area contributed by atoms with Crippen molar-refractivity contribution in [2.75, 3.05) is 45.8 Å². The molecule has 1 aromatic carbocycles. The van der Waals surface area contributed by atoms with Crippen LogP contribution in [-0.2, 0) is 9.53 Å². The van der Waals surface area contributed by atoms with Crippen LogP contribution in [0.3, 0.4) is 0 Å². The molecule has 0 aliphatic carbocycles. The normalized spacial score (nSPS) is 19.7. The number of hydrogen-bond donors (Lipinski definition) is 2. The third-order valence-corrected chi connectivity index (χ3v) is 4.26. The van der Waals surface area contributed by atoms with Crippen molar-refractivity contribution in [3.05, 3.63) is 18.2 Å². The molecule has 144 valence electrons. The molecule has 1 fully saturated rings. The molecule has 1 saturated heterocycles. The quantitative estimate of drug-likeness (QED) is 0.719. The lowest BCUT2D eigenvalue weighted by molar-refractivity contribution is -0.143. The van der Waals surface area contributed by atoms with Gasteiger partial charge in [0.25, 0.3) is 0 Å². The summed E-state index contributed by atoms with van der Waals surface area (Å²) in [6.07, 6.45) is 0.582. The number of amides is 2. The van der Waals surface area contributed by atoms with E-state index in [1.165, 1.54) is 7.11 Å². The smallest absolute Gasteiger partial charge is 0.321 e. The molecule has 1 aliphatic rings. The number of nitrogens with zero attached hydrogens (tertiary/aromatic N) is 1. The Bertz CT molecular complexity index is 636. The van der Waals surface area contributed by atoms with Gasteiger partial charge in [-0.3, -0.25) is 4.79 Å². The number of urea groups is 1. The van der Waals surface area contributed by atoms with E-state index in [0.717, 1.165) is 0 Å². The minimum Gasteiger partial charge on any atom is -0.493 e. The second-order valence-corrected chi connectivity index (χ2v) is 6.42. The number of nitrogens with one attached hydrogen (secondary N) is 1. The zero-order valence-corrected chi connectivity index (χ0v) is 15.4. The zero-order chi connectivity index (χ0) is 19.1. The topological polar surface area (TPSA) is 97.3 Å². The number of carbonyl (C=O) groups excluding carboxylic acids is 1. The van der Waals surface area contributed by atoms with Crippen LogP contribution in [0.4, 0.5) is 10.5 Å². The van der Waals surface area contributed by atoms with Crippen molar-refractivity contribution in [1.82, 2.24) is 4.90 Å². The highest BCUT2D eigenvalue weighted by molar-refractivity contribution is 5.90. The van der Waals surface area contributed by atoms with Crippen LogP contribution >= 0.6 is 0 Å². The molecular weight excluding hydrogens is 340 g/mol. The van der Waals surface area contributed by atoms with E-state index in [1.807, 2.05) is 6.92 Å². The van der Waals surface area contributed by atoms with Gasteiger partial charge in [0.1, 0.15) is 6.61 Å². The molecule has 2 rings (SSSR count). The monoisotopic (exact) mass is 366 g/mol. The van der Waals surface area contributed by atoms with Gasteiger partial charge in [-0.25, -0.2) is 4.79 Å². The number of anilines is 1. The summed E-state index contributed by atoms with van der Waals surface area (Å²) in [5, 5.41) is 12.0. The first-order valence-electron chi connectivity index (χ1n) is 8.53. The van der Waals surface area contributed by atoms with Crippen LogP contribution in [0, 0.1) is 11.8 Å². The molecule has 2 atom stereocenters. The van der Waals surface area contributed by atoms with Gasteiger partial charge in [0.05, 0.1) is 19.6 Å². The Hall–Kier alpha value is -2.48. The van der Waals surface area contributed by atoms with Gasteiger partial charge >= 0.3 is 12.0 Å². The Morgan fingerprint density at radius 1 is 1.23 bits per heavy atom. The molecule has 8 heteroatoms. The molecule has 1 aliphatic heterocycles. The molecule has 0 spiro atoms. The van der Waals surface area contributed by atoms with Crippen molar-refractivity contribution in [2.45, 2.75) is 13.3 Å². The van der Waals surface area contributed by atoms with Crippen LogP contribution in [0.2, 0.25) is 0 Å². The minimum atomic E-state index is -0.868. The SMILES string of the molecule is COCCOc1cc(NC(=O)N2CC(C)CC(C(=O)O)C2)ccc1OC. The van der Waals surface area contributed by atoms with Gasteiger partial charge in [-0.05, 0) is 24.5 Å². The highest BCUT2D eigenvalue weighted by atomic mass is 16.5. The number of aliphatic carboxylic acids is 1. The highest BCUT2D eigenvalue weighted by Crippen LogP contribution is 2.30. The number of methoxy groups -OCH3 is 2. The lowest BCUT2D eigenvalue weighted by atomic mass is 9.91. The summed E-state index contributed by atoms with van der Waals surface area (Å²) in [7, 11) is 3.12. The maximum atomic E-state index is 12.5. The summed E-state index contributed by atoms with van der Waals surface area (Å²) in [6, 6.07) is 4.77. The number of carboxylic acids is 1. The molecule has 26 heavy (non-hydrogen) atoms. The standard InChI is InChI=1S/C18H26N2O6/c1-12-8-13(17(21)22)11-20(10-12)18(23)19-14-4-5-15(25-3)16(9-14)26-7-6-24-2/h4-5,9,12-13H,6-8,10-11H2,1-3H3,(H,19,23)(H,21,22). The Balaban J connectivity index is 2.05. The summed E-state index contributed by atoms with van der Waals surface area (Å²) in [5.41, 5.74) is 0.549. The molecule has 2 unspecified atom stereocenters. The number of carboxylic acid groups (broad SMARTS) is 1. The van der Waals surface area contributed by atoms with Crippen LogP contribution in [0.1, 0.15) is 13.3 Å². The number of likely N-dealkylation sites (tertiary alicyclic amines) is 1. The molecule has 0 saturated carbocycles. The summed E-state index contributed by atoms with van der Waals surface area (Å²) in [6.45, 7) is 3.47. The van der Waals surface area contributed by atoms with Gasteiger partial charge in [0.15, 0.2) is 11.5 Å². The van der Waals surface area contributed by atoms with Crippen molar-refractivity contribution < 1.29 is 28.9 Å². The molecule has 0 radical (unpaired) electrons. The number of carbonyl (C=O) groups is 2. The van der Waals surface area contributed by atoms with Gasteiger partial charge in [-0.15, -0.1) is 0 Å². The van der Waals surface area contributed by atoms with Gasteiger partial charge in [0, 0.05) is 32.0 Å². The maximum Gasteiger partial charge on any atom is 0.321 e. The molecular formula is C18H26N2O6. The molecule has 1 heterocycles. The van der Waals surface area contributed by atoms with Crippen molar-refractivity contribution in [1.29, 1.82) is 0 Å². The Labute approximate surface area is 153 Å². The van der Waals surface area contributed by atoms with E-state index in [0.29, 0.717) is 43.4 Å². The maximum absolute atomic E-state index is 12.5. The molecule has 0 aromatic heterocycles. The molecule has 2 N–H and O–H groups in total. The van der Waals surface area contributed by atoms with Gasteiger partial charge in [0.2, 0.25) is 0 Å². The van der Waals surface area contributed by atoms with Crippen LogP contribution < -0.4 is 14.8 Å². The van der Waals surface area contributed by atoms with E-state index in [4.69, 9.17) is 14.2 Å². The van der Waals surface area contributed by atoms with E-state index in [9.17, 15) is 14.7 Å². The second-order valence-electron chi connectivity index (χ2n) is 6.42. The molecule has 1 aromatic rings. The van der Waals surface area contributed by atoms with Gasteiger partial charge in [-0.1, -0.05) is 6.92 Å². The zero-order valence-electron chi connectivity index (χ0n) is 15.4. The van der Waals surface area contributed by atoms with Crippen LogP contribution in [0.25, 0.3) is 0 Å². The van der Waals surface area contributed by atoms with E-state index in [-0.39, 0.29) is 18.5 Å². The third-order valence-electron chi connectivity index (χ3n) is 4.26. The first kappa shape index (κ1) is 19.8. The van der Waals surface area contributed by atoms with E-state index >= 15 is 0 Å². The Morgan fingerprint density at radius 2 is 2.00 bits per heavy atom. The summed E-state index contributed by atoms with van der Waals surface area (Å²) >= 11 is 0. The average Bonchev–Trinajstić information content (AvgIpc) is 2.61. The fraction of sp³-hybridized carbons (Fsp3) is 0.556. The average molecular weight is 366 g/mol. The number of rotatable bonds is 7. The largest absolute Gasteiger partial charge is 0.493 e. The van der Waals surface area contributed by atoms with E-state index < -0.39 is 11.9 Å². The second kappa shape index (κ2) is 9.28. The fourth-order valence-corrected chi connectivity index (χ4v) is 3.00. The number of ether oxygens (including phenoxy) is 3. The van der Waals surface area contributed by atoms with Crippen molar-refractivity contribution in [2.24, 2.45) is 11.8 Å². The van der Waals surface area contributed by atoms with Crippen LogP contribution in [0.15, 0.2) is 18.2 Å². The third kappa shape index (κ3) is 5.26. The van der Waals surface area contributed by atoms with Crippen molar-refractivity contribution >= 4 is 17.7 Å². The highest BCUT2D eigenvalue weighted by Gasteiger charge is 2.32. The van der Waals surface area contributed by atoms with Crippen molar-refractivity contribution in [3.8, 4) is 11.5 Å². The van der Waals surface area contributed by atoms with Gasteiger partial charge in [-0.2, -0.15) is 0 Å². The number of piperidine rings is 1. The van der Waals surface area contributed by atoms with E-state index in [2.05, 4.69) is 5.32 Å². The Morgan fingerprint density at radius 3 is 2.65 bits per heavy atom. The Kier molecular flexibility index (Phi) is 7.08. The molecule has 2 amide bonds. The summed E-state index contributed by atoms with van der Waals surface area (Å²) in [5.74, 6) is -0.213. The summed E-state index contributed by atoms with van der Waals surface area (Å²) in [4.78, 5) is 25.3. The predicted molar refractivity (Wildman–Crippen MR) is 95.9 cm³/mol. The van der Waals surface area contributed by atoms with Crippen LogP contribution in [-0.4, -0.2) is 62.5 Å². The number of hydrogen-bond acceptors (Lipinski definition) is 5. The molecule has 0 bridgehead atoms. The molecule has 8 nitrogen and oxygen atoms in total.